The van der Waals surface area contributed by atoms with Crippen LogP contribution in [0, 0.1) is 0 Å². The maximum atomic E-state index is 13.5. The number of aromatic nitrogens is 1. The highest BCUT2D eigenvalue weighted by Crippen LogP contribution is 2.37. The van der Waals surface area contributed by atoms with E-state index in [0.29, 0.717) is 32.4 Å². The number of piperidine rings is 1. The Kier molecular flexibility index (Phi) is 7.25. The molecule has 8 nitrogen and oxygen atoms in total. The Balaban J connectivity index is 1.48. The van der Waals surface area contributed by atoms with Gasteiger partial charge in [0, 0.05) is 39.5 Å². The van der Waals surface area contributed by atoms with Crippen molar-refractivity contribution in [2.45, 2.75) is 31.3 Å². The van der Waals surface area contributed by atoms with Crippen molar-refractivity contribution in [2.75, 3.05) is 47.0 Å². The first-order valence-corrected chi connectivity index (χ1v) is 11.4. The van der Waals surface area contributed by atoms with Crippen LogP contribution in [0.25, 0.3) is 0 Å². The van der Waals surface area contributed by atoms with Gasteiger partial charge in [-0.1, -0.05) is 18.2 Å². The number of rotatable bonds is 9. The molecule has 2 fully saturated rings. The van der Waals surface area contributed by atoms with E-state index >= 15 is 0 Å². The maximum Gasteiger partial charge on any atom is 0.327 e. The minimum absolute atomic E-state index is 0.0863. The molecule has 0 unspecified atom stereocenters. The Morgan fingerprint density at radius 2 is 1.76 bits per heavy atom. The number of hydrogen-bond donors (Lipinski definition) is 0. The smallest absolute Gasteiger partial charge is 0.327 e. The number of methoxy groups -OCH3 is 2. The number of benzene rings is 1. The number of hydrogen-bond acceptors (Lipinski definition) is 6. The Hall–Kier alpha value is -2.97. The van der Waals surface area contributed by atoms with Crippen LogP contribution in [-0.2, 0) is 22.5 Å². The van der Waals surface area contributed by atoms with E-state index in [1.807, 2.05) is 47.4 Å². The van der Waals surface area contributed by atoms with Gasteiger partial charge in [-0.3, -0.25) is 19.6 Å². The molecule has 1 aromatic carbocycles. The van der Waals surface area contributed by atoms with Gasteiger partial charge in [0.05, 0.1) is 26.0 Å². The maximum absolute atomic E-state index is 13.5. The van der Waals surface area contributed by atoms with Gasteiger partial charge in [0.1, 0.15) is 11.3 Å². The number of amides is 3. The fourth-order valence-electron chi connectivity index (χ4n) is 4.79. The molecule has 3 amide bonds. The number of nitrogens with zero attached hydrogens (tertiary/aromatic N) is 4. The molecule has 2 aliphatic heterocycles. The Labute approximate surface area is 195 Å². The van der Waals surface area contributed by atoms with E-state index in [0.717, 1.165) is 36.6 Å². The zero-order valence-electron chi connectivity index (χ0n) is 19.4. The highest BCUT2D eigenvalue weighted by Gasteiger charge is 2.57. The molecule has 0 N–H and O–H groups in total. The van der Waals surface area contributed by atoms with E-state index in [9.17, 15) is 9.59 Å². The van der Waals surface area contributed by atoms with Gasteiger partial charge in [0.25, 0.3) is 5.91 Å². The fourth-order valence-corrected chi connectivity index (χ4v) is 4.79. The normalized spacial score (nSPS) is 18.4. The molecule has 0 bridgehead atoms. The molecule has 4 rings (SSSR count). The van der Waals surface area contributed by atoms with Gasteiger partial charge < -0.3 is 14.4 Å². The van der Waals surface area contributed by atoms with E-state index in [-0.39, 0.29) is 18.5 Å². The quantitative estimate of drug-likeness (QED) is 0.545. The van der Waals surface area contributed by atoms with E-state index in [1.54, 1.807) is 20.4 Å². The summed E-state index contributed by atoms with van der Waals surface area (Å²) < 4.78 is 10.4. The lowest BCUT2D eigenvalue weighted by molar-refractivity contribution is -0.136. The molecule has 2 saturated heterocycles. The molecular weight excluding hydrogens is 420 g/mol. The largest absolute Gasteiger partial charge is 0.497 e. The summed E-state index contributed by atoms with van der Waals surface area (Å²) in [5.74, 6) is 0.713. The highest BCUT2D eigenvalue weighted by molar-refractivity contribution is 6.07. The molecule has 0 radical (unpaired) electrons. The summed E-state index contributed by atoms with van der Waals surface area (Å²) in [5.41, 5.74) is 1.34. The van der Waals surface area contributed by atoms with Gasteiger partial charge in [-0.15, -0.1) is 0 Å². The summed E-state index contributed by atoms with van der Waals surface area (Å²) in [6.07, 6.45) is 3.72. The lowest BCUT2D eigenvalue weighted by atomic mass is 9.85. The third-order valence-corrected chi connectivity index (χ3v) is 6.72. The summed E-state index contributed by atoms with van der Waals surface area (Å²) in [5, 5.41) is 0. The monoisotopic (exact) mass is 452 g/mol. The zero-order valence-corrected chi connectivity index (χ0v) is 19.4. The molecule has 0 saturated carbocycles. The molecule has 33 heavy (non-hydrogen) atoms. The van der Waals surface area contributed by atoms with Crippen molar-refractivity contribution in [3.05, 3.63) is 59.9 Å². The van der Waals surface area contributed by atoms with Crippen LogP contribution in [0.1, 0.15) is 24.1 Å². The van der Waals surface area contributed by atoms with Crippen molar-refractivity contribution in [3.8, 4) is 5.75 Å². The van der Waals surface area contributed by atoms with Crippen LogP contribution in [0.3, 0.4) is 0 Å². The number of likely N-dealkylation sites (tertiary alicyclic amines) is 1. The van der Waals surface area contributed by atoms with Gasteiger partial charge in [0.15, 0.2) is 0 Å². The molecule has 176 valence electrons. The molecule has 2 aromatic rings. The molecule has 0 aliphatic carbocycles. The van der Waals surface area contributed by atoms with Crippen molar-refractivity contribution in [1.82, 2.24) is 19.7 Å². The van der Waals surface area contributed by atoms with Crippen molar-refractivity contribution in [3.63, 3.8) is 0 Å². The Bertz CT molecular complexity index is 943. The van der Waals surface area contributed by atoms with Crippen LogP contribution < -0.4 is 4.74 Å². The molecule has 0 atom stereocenters. The zero-order chi connectivity index (χ0) is 23.3. The molecule has 2 aliphatic rings. The lowest BCUT2D eigenvalue weighted by Crippen LogP contribution is -2.56. The second-order valence-corrected chi connectivity index (χ2v) is 8.61. The summed E-state index contributed by atoms with van der Waals surface area (Å²) in [6, 6.07) is 13.6. The van der Waals surface area contributed by atoms with E-state index < -0.39 is 5.54 Å². The average molecular weight is 453 g/mol. The third kappa shape index (κ3) is 4.86. The second kappa shape index (κ2) is 10.3. The predicted molar refractivity (Wildman–Crippen MR) is 124 cm³/mol. The number of urea groups is 1. The number of imide groups is 1. The Morgan fingerprint density at radius 1 is 1.00 bits per heavy atom. The second-order valence-electron chi connectivity index (χ2n) is 8.61. The van der Waals surface area contributed by atoms with Crippen LogP contribution in [-0.4, -0.2) is 84.2 Å². The van der Waals surface area contributed by atoms with Crippen LogP contribution >= 0.6 is 0 Å². The average Bonchev–Trinajstić information content (AvgIpc) is 3.04. The van der Waals surface area contributed by atoms with Crippen molar-refractivity contribution < 1.29 is 19.1 Å². The predicted octanol–water partition coefficient (Wildman–Crippen LogP) is 2.58. The molecule has 1 spiro atoms. The molecule has 3 heterocycles. The van der Waals surface area contributed by atoms with Crippen molar-refractivity contribution >= 4 is 11.9 Å². The van der Waals surface area contributed by atoms with Crippen LogP contribution in [0.2, 0.25) is 0 Å². The van der Waals surface area contributed by atoms with Crippen LogP contribution in [0.4, 0.5) is 4.79 Å². The van der Waals surface area contributed by atoms with Gasteiger partial charge >= 0.3 is 6.03 Å². The van der Waals surface area contributed by atoms with E-state index in [4.69, 9.17) is 9.47 Å². The SMILES string of the molecule is COCCN1C(=O)N(CCc2ccc(OC)cc2)C2(CCN(Cc3ccccn3)CC2)C1=O. The molecule has 1 aromatic heterocycles. The van der Waals surface area contributed by atoms with Crippen molar-refractivity contribution in [1.29, 1.82) is 0 Å². The van der Waals surface area contributed by atoms with Gasteiger partial charge in [-0.05, 0) is 49.1 Å². The topological polar surface area (TPSA) is 75.2 Å². The van der Waals surface area contributed by atoms with Gasteiger partial charge in [-0.2, -0.15) is 0 Å². The summed E-state index contributed by atoms with van der Waals surface area (Å²) in [7, 11) is 3.22. The first kappa shape index (κ1) is 23.2. The van der Waals surface area contributed by atoms with Gasteiger partial charge in [-0.25, -0.2) is 4.79 Å². The number of carbonyl (C=O) groups excluding carboxylic acids is 2. The van der Waals surface area contributed by atoms with Crippen LogP contribution in [0.15, 0.2) is 48.7 Å². The summed E-state index contributed by atoms with van der Waals surface area (Å²) in [4.78, 5) is 36.8. The first-order chi connectivity index (χ1) is 16.1. The van der Waals surface area contributed by atoms with Gasteiger partial charge in [0.2, 0.25) is 0 Å². The van der Waals surface area contributed by atoms with Crippen LogP contribution in [0.5, 0.6) is 5.75 Å². The third-order valence-electron chi connectivity index (χ3n) is 6.72. The summed E-state index contributed by atoms with van der Waals surface area (Å²) >= 11 is 0. The van der Waals surface area contributed by atoms with Crippen molar-refractivity contribution in [2.24, 2.45) is 0 Å². The molecular formula is C25H32N4O4. The van der Waals surface area contributed by atoms with E-state index in [1.165, 1.54) is 4.90 Å². The standard InChI is InChI=1S/C25H32N4O4/c1-32-18-17-28-23(30)25(11-15-27(16-12-25)19-21-5-3-4-13-26-21)29(24(28)31)14-10-20-6-8-22(33-2)9-7-20/h3-9,13H,10-12,14-19H2,1-2H3. The van der Waals surface area contributed by atoms with E-state index in [2.05, 4.69) is 9.88 Å². The number of ether oxygens (including phenoxy) is 2. The summed E-state index contributed by atoms with van der Waals surface area (Å²) in [6.45, 7) is 3.36. The number of carbonyl (C=O) groups is 2. The molecule has 8 heteroatoms. The minimum atomic E-state index is -0.780. The lowest BCUT2D eigenvalue weighted by Gasteiger charge is -2.42. The number of pyridine rings is 1. The minimum Gasteiger partial charge on any atom is -0.497 e. The highest BCUT2D eigenvalue weighted by atomic mass is 16.5. The fraction of sp³-hybridized carbons (Fsp3) is 0.480. The Morgan fingerprint density at radius 3 is 2.39 bits per heavy atom. The first-order valence-electron chi connectivity index (χ1n) is 11.4.